The molecule has 0 aromatic heterocycles. The Kier molecular flexibility index (Phi) is 17.5. The molecule has 0 fully saturated rings. The van der Waals surface area contributed by atoms with E-state index in [1.54, 1.807) is 0 Å². The summed E-state index contributed by atoms with van der Waals surface area (Å²) in [4.78, 5) is 0. The van der Waals surface area contributed by atoms with Crippen molar-refractivity contribution in [2.45, 2.75) is 116 Å². The normalized spacial score (nSPS) is 13.1. The Labute approximate surface area is 134 Å². The first kappa shape index (κ1) is 20.7. The van der Waals surface area contributed by atoms with E-state index < -0.39 is 0 Å². The molecule has 0 aliphatic heterocycles. The number of aliphatic hydroxyl groups excluding tert-OH is 1. The zero-order valence-corrected chi connectivity index (χ0v) is 14.8. The lowest BCUT2D eigenvalue weighted by molar-refractivity contribution is 0.163. The largest absolute Gasteiger partial charge is 0.393 e. The van der Waals surface area contributed by atoms with E-state index in [4.69, 9.17) is 0 Å². The SMILES string of the molecule is C/C=C/C[C@H](O)CCCCCCCCCCCCCCC. The van der Waals surface area contributed by atoms with E-state index in [0.29, 0.717) is 0 Å². The van der Waals surface area contributed by atoms with Gasteiger partial charge in [0.2, 0.25) is 0 Å². The second-order valence-electron chi connectivity index (χ2n) is 6.49. The zero-order valence-electron chi connectivity index (χ0n) is 14.8. The van der Waals surface area contributed by atoms with Crippen LogP contribution in [0, 0.1) is 0 Å². The van der Waals surface area contributed by atoms with E-state index in [1.807, 2.05) is 13.0 Å². The molecule has 126 valence electrons. The van der Waals surface area contributed by atoms with Gasteiger partial charge >= 0.3 is 0 Å². The Morgan fingerprint density at radius 2 is 1.14 bits per heavy atom. The summed E-state index contributed by atoms with van der Waals surface area (Å²) >= 11 is 0. The molecular weight excluding hydrogens is 256 g/mol. The maximum absolute atomic E-state index is 9.71. The van der Waals surface area contributed by atoms with Crippen molar-refractivity contribution in [3.05, 3.63) is 12.2 Å². The van der Waals surface area contributed by atoms with Gasteiger partial charge in [-0.2, -0.15) is 0 Å². The fourth-order valence-corrected chi connectivity index (χ4v) is 2.81. The second-order valence-corrected chi connectivity index (χ2v) is 6.49. The third-order valence-electron chi connectivity index (χ3n) is 4.28. The van der Waals surface area contributed by atoms with Gasteiger partial charge in [-0.25, -0.2) is 0 Å². The highest BCUT2D eigenvalue weighted by Crippen LogP contribution is 2.13. The molecule has 0 bridgehead atoms. The summed E-state index contributed by atoms with van der Waals surface area (Å²) in [5.74, 6) is 0. The van der Waals surface area contributed by atoms with Crippen molar-refractivity contribution in [2.24, 2.45) is 0 Å². The smallest absolute Gasteiger partial charge is 0.0574 e. The summed E-state index contributed by atoms with van der Waals surface area (Å²) in [6.45, 7) is 4.29. The van der Waals surface area contributed by atoms with Crippen LogP contribution in [0.5, 0.6) is 0 Å². The number of aliphatic hydroxyl groups is 1. The van der Waals surface area contributed by atoms with Crippen molar-refractivity contribution in [1.29, 1.82) is 0 Å². The molecule has 0 radical (unpaired) electrons. The fourth-order valence-electron chi connectivity index (χ4n) is 2.81. The molecule has 0 aromatic rings. The van der Waals surface area contributed by atoms with Crippen molar-refractivity contribution in [3.63, 3.8) is 0 Å². The van der Waals surface area contributed by atoms with Crippen LogP contribution in [0.1, 0.15) is 110 Å². The molecule has 0 rings (SSSR count). The average molecular weight is 297 g/mol. The fraction of sp³-hybridized carbons (Fsp3) is 0.900. The van der Waals surface area contributed by atoms with Crippen molar-refractivity contribution in [3.8, 4) is 0 Å². The molecule has 21 heavy (non-hydrogen) atoms. The minimum Gasteiger partial charge on any atom is -0.393 e. The summed E-state index contributed by atoms with van der Waals surface area (Å²) in [5.41, 5.74) is 0. The van der Waals surface area contributed by atoms with Crippen molar-refractivity contribution >= 4 is 0 Å². The predicted octanol–water partition coefficient (Wildman–Crippen LogP) is 6.79. The van der Waals surface area contributed by atoms with Gasteiger partial charge in [0.05, 0.1) is 6.10 Å². The first-order chi connectivity index (χ1) is 10.3. The van der Waals surface area contributed by atoms with Crippen LogP contribution in [0.25, 0.3) is 0 Å². The van der Waals surface area contributed by atoms with Crippen LogP contribution in [0.15, 0.2) is 12.2 Å². The molecule has 0 aromatic carbocycles. The Hall–Kier alpha value is -0.300. The molecular formula is C20H40O. The number of hydrogen-bond donors (Lipinski definition) is 1. The van der Waals surface area contributed by atoms with E-state index in [2.05, 4.69) is 13.0 Å². The van der Waals surface area contributed by atoms with Gasteiger partial charge in [0.15, 0.2) is 0 Å². The third kappa shape index (κ3) is 17.6. The lowest BCUT2D eigenvalue weighted by Crippen LogP contribution is -2.04. The monoisotopic (exact) mass is 296 g/mol. The maximum atomic E-state index is 9.71. The minimum absolute atomic E-state index is 0.117. The summed E-state index contributed by atoms with van der Waals surface area (Å²) in [7, 11) is 0. The number of hydrogen-bond acceptors (Lipinski definition) is 1. The molecule has 1 N–H and O–H groups in total. The van der Waals surface area contributed by atoms with Gasteiger partial charge in [-0.1, -0.05) is 103 Å². The lowest BCUT2D eigenvalue weighted by atomic mass is 10.0. The highest BCUT2D eigenvalue weighted by molar-refractivity contribution is 4.79. The van der Waals surface area contributed by atoms with Gasteiger partial charge < -0.3 is 5.11 Å². The first-order valence-corrected chi connectivity index (χ1v) is 9.60. The standard InChI is InChI=1S/C20H40O/c1-3-5-7-8-9-10-11-12-13-14-15-16-17-19-20(21)18-6-4-2/h4,6,20-21H,3,5,7-19H2,1-2H3/b6-4+/t20-/m0/s1. The Morgan fingerprint density at radius 3 is 1.57 bits per heavy atom. The Bertz CT molecular complexity index is 210. The van der Waals surface area contributed by atoms with E-state index in [9.17, 15) is 5.11 Å². The number of allylic oxidation sites excluding steroid dienone is 1. The molecule has 1 nitrogen and oxygen atoms in total. The van der Waals surface area contributed by atoms with E-state index in [-0.39, 0.29) is 6.10 Å². The Balaban J connectivity index is 3.05. The molecule has 0 heterocycles. The first-order valence-electron chi connectivity index (χ1n) is 9.60. The molecule has 0 aliphatic rings. The minimum atomic E-state index is -0.117. The van der Waals surface area contributed by atoms with Crippen molar-refractivity contribution in [2.75, 3.05) is 0 Å². The summed E-state index contributed by atoms with van der Waals surface area (Å²) in [6.07, 6.45) is 23.8. The summed E-state index contributed by atoms with van der Waals surface area (Å²) in [5, 5.41) is 9.71. The van der Waals surface area contributed by atoms with Crippen LogP contribution in [-0.2, 0) is 0 Å². The van der Waals surface area contributed by atoms with Crippen molar-refractivity contribution in [1.82, 2.24) is 0 Å². The lowest BCUT2D eigenvalue weighted by Gasteiger charge is -2.07. The molecule has 0 spiro atoms. The topological polar surface area (TPSA) is 20.2 Å². The van der Waals surface area contributed by atoms with Gasteiger partial charge in [-0.3, -0.25) is 0 Å². The van der Waals surface area contributed by atoms with E-state index >= 15 is 0 Å². The second kappa shape index (κ2) is 17.8. The number of unbranched alkanes of at least 4 members (excludes halogenated alkanes) is 12. The van der Waals surface area contributed by atoms with Crippen LogP contribution in [0.3, 0.4) is 0 Å². The summed E-state index contributed by atoms with van der Waals surface area (Å²) in [6, 6.07) is 0. The van der Waals surface area contributed by atoms with E-state index in [1.165, 1.54) is 83.5 Å². The van der Waals surface area contributed by atoms with Gasteiger partial charge in [0.1, 0.15) is 0 Å². The van der Waals surface area contributed by atoms with E-state index in [0.717, 1.165) is 12.8 Å². The predicted molar refractivity (Wildman–Crippen MR) is 95.7 cm³/mol. The average Bonchev–Trinajstić information content (AvgIpc) is 2.49. The highest BCUT2D eigenvalue weighted by atomic mass is 16.3. The zero-order chi connectivity index (χ0) is 15.6. The van der Waals surface area contributed by atoms with Crippen molar-refractivity contribution < 1.29 is 5.11 Å². The van der Waals surface area contributed by atoms with Crippen LogP contribution >= 0.6 is 0 Å². The number of rotatable bonds is 16. The third-order valence-corrected chi connectivity index (χ3v) is 4.28. The van der Waals surface area contributed by atoms with Crippen LogP contribution in [0.4, 0.5) is 0 Å². The molecule has 0 amide bonds. The van der Waals surface area contributed by atoms with Gasteiger partial charge in [0.25, 0.3) is 0 Å². The summed E-state index contributed by atoms with van der Waals surface area (Å²) < 4.78 is 0. The molecule has 1 atom stereocenters. The Morgan fingerprint density at radius 1 is 0.714 bits per heavy atom. The highest BCUT2D eigenvalue weighted by Gasteiger charge is 2.00. The quantitative estimate of drug-likeness (QED) is 0.245. The molecule has 0 unspecified atom stereocenters. The molecule has 0 aliphatic carbocycles. The maximum Gasteiger partial charge on any atom is 0.0574 e. The molecule has 0 saturated heterocycles. The van der Waals surface area contributed by atoms with Crippen LogP contribution in [0.2, 0.25) is 0 Å². The van der Waals surface area contributed by atoms with Gasteiger partial charge in [-0.15, -0.1) is 0 Å². The molecule has 1 heteroatoms. The molecule has 0 saturated carbocycles. The van der Waals surface area contributed by atoms with Crippen LogP contribution in [-0.4, -0.2) is 11.2 Å². The van der Waals surface area contributed by atoms with Gasteiger partial charge in [0, 0.05) is 0 Å². The van der Waals surface area contributed by atoms with Crippen LogP contribution < -0.4 is 0 Å². The van der Waals surface area contributed by atoms with Gasteiger partial charge in [-0.05, 0) is 19.8 Å².